The van der Waals surface area contributed by atoms with Crippen LogP contribution in [-0.2, 0) is 0 Å². The highest BCUT2D eigenvalue weighted by Crippen LogP contribution is 2.17. The van der Waals surface area contributed by atoms with E-state index < -0.39 is 0 Å². The van der Waals surface area contributed by atoms with Crippen molar-refractivity contribution < 1.29 is 0 Å². The van der Waals surface area contributed by atoms with Crippen LogP contribution in [0.3, 0.4) is 0 Å². The van der Waals surface area contributed by atoms with Gasteiger partial charge in [0.05, 0.1) is 0 Å². The lowest BCUT2D eigenvalue weighted by molar-refractivity contribution is 0.520. The Labute approximate surface area is 242 Å². The fourth-order valence-electron chi connectivity index (χ4n) is 5.61. The van der Waals surface area contributed by atoms with Gasteiger partial charge in [-0.1, -0.05) is 206 Å². The van der Waals surface area contributed by atoms with Crippen LogP contribution >= 0.6 is 11.8 Å². The van der Waals surface area contributed by atoms with Crippen molar-refractivity contribution >= 4 is 11.8 Å². The van der Waals surface area contributed by atoms with E-state index in [9.17, 15) is 0 Å². The molecule has 0 aromatic rings. The lowest BCUT2D eigenvalue weighted by atomic mass is 10.0. The molecule has 0 aromatic carbocycles. The van der Waals surface area contributed by atoms with Crippen molar-refractivity contribution in [2.45, 2.75) is 219 Å². The highest BCUT2D eigenvalue weighted by atomic mass is 32.2. The van der Waals surface area contributed by atoms with Crippen LogP contribution in [0.2, 0.25) is 0 Å². The summed E-state index contributed by atoms with van der Waals surface area (Å²) in [5.74, 6) is 2.83. The summed E-state index contributed by atoms with van der Waals surface area (Å²) in [6, 6.07) is 0. The smallest absolute Gasteiger partial charge is 0.00675 e. The van der Waals surface area contributed by atoms with Crippen molar-refractivity contribution in [2.24, 2.45) is 0 Å². The van der Waals surface area contributed by atoms with Crippen LogP contribution < -0.4 is 0 Å². The van der Waals surface area contributed by atoms with E-state index in [0.717, 1.165) is 0 Å². The first-order valence-electron chi connectivity index (χ1n) is 18.0. The third kappa shape index (κ3) is 36.4. The van der Waals surface area contributed by atoms with E-state index in [1.54, 1.807) is 0 Å². The minimum absolute atomic E-state index is 1.37. The molecule has 0 bridgehead atoms. The van der Waals surface area contributed by atoms with Crippen molar-refractivity contribution in [1.29, 1.82) is 0 Å². The SMILES string of the molecule is CCCCCCCCCCCCCCCCCCCCCCCCSCCCCCCCCCCCC. The quantitative estimate of drug-likeness (QED) is 0.0734. The molecule has 1 heteroatoms. The molecule has 37 heavy (non-hydrogen) atoms. The fraction of sp³-hybridized carbons (Fsp3) is 1.00. The number of thioether (sulfide) groups is 1. The Hall–Kier alpha value is 0.350. The molecule has 0 fully saturated rings. The molecule has 0 spiro atoms. The number of hydrogen-bond acceptors (Lipinski definition) is 1. The van der Waals surface area contributed by atoms with Gasteiger partial charge in [-0.2, -0.15) is 11.8 Å². The lowest BCUT2D eigenvalue weighted by Crippen LogP contribution is -1.87. The summed E-state index contributed by atoms with van der Waals surface area (Å²) >= 11 is 2.22. The standard InChI is InChI=1S/C36H74S/c1-3-5-7-9-11-13-15-16-17-18-19-20-21-22-23-24-25-26-28-30-32-34-36-37-35-33-31-29-27-14-12-10-8-6-4-2/h3-36H2,1-2H3. The third-order valence-corrected chi connectivity index (χ3v) is 9.44. The summed E-state index contributed by atoms with van der Waals surface area (Å²) in [6.45, 7) is 4.62. The minimum Gasteiger partial charge on any atom is -0.162 e. The summed E-state index contributed by atoms with van der Waals surface area (Å²) in [5, 5.41) is 0. The zero-order chi connectivity index (χ0) is 26.7. The minimum atomic E-state index is 1.37. The second kappa shape index (κ2) is 36.4. The molecule has 0 aliphatic carbocycles. The first kappa shape index (κ1) is 37.4. The third-order valence-electron chi connectivity index (χ3n) is 8.28. The van der Waals surface area contributed by atoms with E-state index in [4.69, 9.17) is 0 Å². The number of unbranched alkanes of at least 4 members (excludes halogenated alkanes) is 30. The summed E-state index contributed by atoms with van der Waals surface area (Å²) in [6.07, 6.45) is 47.2. The van der Waals surface area contributed by atoms with Crippen LogP contribution in [0.15, 0.2) is 0 Å². The molecule has 0 aliphatic heterocycles. The Morgan fingerprint density at radius 2 is 0.378 bits per heavy atom. The first-order valence-corrected chi connectivity index (χ1v) is 19.1. The first-order chi connectivity index (χ1) is 18.4. The maximum atomic E-state index is 2.31. The Bertz CT molecular complexity index is 332. The van der Waals surface area contributed by atoms with E-state index in [1.165, 1.54) is 217 Å². The van der Waals surface area contributed by atoms with Gasteiger partial charge in [-0.25, -0.2) is 0 Å². The van der Waals surface area contributed by atoms with Gasteiger partial charge in [-0.15, -0.1) is 0 Å². The zero-order valence-corrected chi connectivity index (χ0v) is 27.3. The van der Waals surface area contributed by atoms with Crippen LogP contribution in [0.1, 0.15) is 219 Å². The largest absolute Gasteiger partial charge is 0.162 e. The summed E-state index contributed by atoms with van der Waals surface area (Å²) in [4.78, 5) is 0. The molecule has 0 aromatic heterocycles. The van der Waals surface area contributed by atoms with Gasteiger partial charge in [0, 0.05) is 0 Å². The molecule has 0 unspecified atom stereocenters. The number of rotatable bonds is 34. The van der Waals surface area contributed by atoms with Gasteiger partial charge in [-0.3, -0.25) is 0 Å². The van der Waals surface area contributed by atoms with E-state index in [-0.39, 0.29) is 0 Å². The van der Waals surface area contributed by atoms with Gasteiger partial charge < -0.3 is 0 Å². The van der Waals surface area contributed by atoms with Crippen molar-refractivity contribution in [3.05, 3.63) is 0 Å². The van der Waals surface area contributed by atoms with Crippen molar-refractivity contribution in [3.63, 3.8) is 0 Å². The summed E-state index contributed by atoms with van der Waals surface area (Å²) < 4.78 is 0. The summed E-state index contributed by atoms with van der Waals surface area (Å²) in [5.41, 5.74) is 0. The Kier molecular flexibility index (Phi) is 36.7. The molecular formula is C36H74S. The normalized spacial score (nSPS) is 11.5. The average molecular weight is 539 g/mol. The average Bonchev–Trinajstić information content (AvgIpc) is 2.91. The summed E-state index contributed by atoms with van der Waals surface area (Å²) in [7, 11) is 0. The zero-order valence-electron chi connectivity index (χ0n) is 26.4. The fourth-order valence-corrected chi connectivity index (χ4v) is 6.63. The van der Waals surface area contributed by atoms with Gasteiger partial charge in [0.2, 0.25) is 0 Å². The predicted molar refractivity (Wildman–Crippen MR) is 176 cm³/mol. The second-order valence-electron chi connectivity index (χ2n) is 12.2. The molecule has 0 N–H and O–H groups in total. The monoisotopic (exact) mass is 539 g/mol. The highest BCUT2D eigenvalue weighted by molar-refractivity contribution is 7.99. The van der Waals surface area contributed by atoms with Gasteiger partial charge in [0.15, 0.2) is 0 Å². The molecule has 0 nitrogen and oxygen atoms in total. The molecule has 0 saturated carbocycles. The molecule has 0 aliphatic rings. The van der Waals surface area contributed by atoms with Crippen LogP contribution in [0.4, 0.5) is 0 Å². The van der Waals surface area contributed by atoms with E-state index in [2.05, 4.69) is 25.6 Å². The van der Waals surface area contributed by atoms with Crippen LogP contribution in [0.5, 0.6) is 0 Å². The van der Waals surface area contributed by atoms with Crippen molar-refractivity contribution in [2.75, 3.05) is 11.5 Å². The van der Waals surface area contributed by atoms with Gasteiger partial charge in [0.1, 0.15) is 0 Å². The maximum Gasteiger partial charge on any atom is -0.00675 e. The van der Waals surface area contributed by atoms with Crippen LogP contribution in [0.25, 0.3) is 0 Å². The van der Waals surface area contributed by atoms with E-state index in [0.29, 0.717) is 0 Å². The molecule has 0 amide bonds. The van der Waals surface area contributed by atoms with Crippen LogP contribution in [-0.4, -0.2) is 11.5 Å². The molecule has 0 atom stereocenters. The van der Waals surface area contributed by atoms with Crippen LogP contribution in [0, 0.1) is 0 Å². The molecular weight excluding hydrogens is 464 g/mol. The predicted octanol–water partition coefficient (Wildman–Crippen LogP) is 14.2. The molecule has 0 heterocycles. The van der Waals surface area contributed by atoms with Gasteiger partial charge in [-0.05, 0) is 24.3 Å². The number of hydrogen-bond donors (Lipinski definition) is 0. The molecule has 0 radical (unpaired) electrons. The second-order valence-corrected chi connectivity index (χ2v) is 13.4. The lowest BCUT2D eigenvalue weighted by Gasteiger charge is -2.05. The molecule has 224 valence electrons. The highest BCUT2D eigenvalue weighted by Gasteiger charge is 1.97. The van der Waals surface area contributed by atoms with Gasteiger partial charge in [0.25, 0.3) is 0 Å². The topological polar surface area (TPSA) is 0 Å². The maximum absolute atomic E-state index is 2.31. The molecule has 0 rings (SSSR count). The van der Waals surface area contributed by atoms with Gasteiger partial charge >= 0.3 is 0 Å². The Balaban J connectivity index is 3.00. The van der Waals surface area contributed by atoms with E-state index >= 15 is 0 Å². The van der Waals surface area contributed by atoms with E-state index in [1.807, 2.05) is 0 Å². The Morgan fingerprint density at radius 1 is 0.216 bits per heavy atom. The van der Waals surface area contributed by atoms with Crippen molar-refractivity contribution in [1.82, 2.24) is 0 Å². The van der Waals surface area contributed by atoms with Crippen molar-refractivity contribution in [3.8, 4) is 0 Å². The molecule has 0 saturated heterocycles. The Morgan fingerprint density at radius 3 is 0.568 bits per heavy atom.